The van der Waals surface area contributed by atoms with E-state index in [1.165, 1.54) is 0 Å². The molecule has 1 fully saturated rings. The molecular weight excluding hydrogens is 230 g/mol. The second-order valence-electron chi connectivity index (χ2n) is 4.64. The fourth-order valence-electron chi connectivity index (χ4n) is 2.18. The highest BCUT2D eigenvalue weighted by Gasteiger charge is 2.24. The van der Waals surface area contributed by atoms with Crippen LogP contribution in [0.3, 0.4) is 0 Å². The number of amides is 1. The maximum Gasteiger partial charge on any atom is 0.257 e. The molecule has 18 heavy (non-hydrogen) atoms. The Morgan fingerprint density at radius 1 is 1.50 bits per heavy atom. The SMILES string of the molecule is CNc1cc(C)ncc1C(=O)N1CCC(O)CC1. The molecule has 0 spiro atoms. The Morgan fingerprint density at radius 3 is 2.78 bits per heavy atom. The van der Waals surface area contributed by atoms with E-state index in [1.54, 1.807) is 18.1 Å². The molecule has 0 bridgehead atoms. The van der Waals surface area contributed by atoms with Crippen molar-refractivity contribution in [1.29, 1.82) is 0 Å². The van der Waals surface area contributed by atoms with Crippen LogP contribution in [-0.4, -0.2) is 47.1 Å². The summed E-state index contributed by atoms with van der Waals surface area (Å²) in [6.07, 6.45) is 2.66. The number of hydrogen-bond acceptors (Lipinski definition) is 4. The summed E-state index contributed by atoms with van der Waals surface area (Å²) in [5.74, 6) is -0.0150. The van der Waals surface area contributed by atoms with Gasteiger partial charge in [0.05, 0.1) is 17.4 Å². The zero-order valence-electron chi connectivity index (χ0n) is 10.8. The molecule has 0 aliphatic carbocycles. The summed E-state index contributed by atoms with van der Waals surface area (Å²) in [5.41, 5.74) is 2.28. The summed E-state index contributed by atoms with van der Waals surface area (Å²) < 4.78 is 0. The molecule has 98 valence electrons. The molecule has 1 aliphatic rings. The largest absolute Gasteiger partial charge is 0.393 e. The highest BCUT2D eigenvalue weighted by Crippen LogP contribution is 2.19. The molecule has 5 nitrogen and oxygen atoms in total. The molecule has 0 unspecified atom stereocenters. The van der Waals surface area contributed by atoms with E-state index in [0.717, 1.165) is 11.4 Å². The summed E-state index contributed by atoms with van der Waals surface area (Å²) in [6.45, 7) is 3.11. The van der Waals surface area contributed by atoms with Crippen molar-refractivity contribution >= 4 is 11.6 Å². The van der Waals surface area contributed by atoms with Gasteiger partial charge in [0.1, 0.15) is 0 Å². The number of carbonyl (C=O) groups excluding carboxylic acids is 1. The molecule has 2 rings (SSSR count). The number of aliphatic hydroxyl groups excluding tert-OH is 1. The minimum Gasteiger partial charge on any atom is -0.393 e. The van der Waals surface area contributed by atoms with Gasteiger partial charge in [-0.05, 0) is 25.8 Å². The lowest BCUT2D eigenvalue weighted by Crippen LogP contribution is -2.40. The zero-order chi connectivity index (χ0) is 13.1. The van der Waals surface area contributed by atoms with E-state index >= 15 is 0 Å². The number of piperidine rings is 1. The molecule has 0 saturated carbocycles. The van der Waals surface area contributed by atoms with E-state index in [2.05, 4.69) is 10.3 Å². The fourth-order valence-corrected chi connectivity index (χ4v) is 2.18. The lowest BCUT2D eigenvalue weighted by Gasteiger charge is -2.30. The Balaban J connectivity index is 2.18. The summed E-state index contributed by atoms with van der Waals surface area (Å²) in [6, 6.07) is 1.87. The number of aliphatic hydroxyl groups is 1. The Bertz CT molecular complexity index is 440. The van der Waals surface area contributed by atoms with Gasteiger partial charge >= 0.3 is 0 Å². The second kappa shape index (κ2) is 5.35. The van der Waals surface area contributed by atoms with Crippen LogP contribution in [0, 0.1) is 6.92 Å². The predicted molar refractivity (Wildman–Crippen MR) is 69.7 cm³/mol. The third-order valence-electron chi connectivity index (χ3n) is 3.29. The maximum absolute atomic E-state index is 12.4. The van der Waals surface area contributed by atoms with E-state index in [0.29, 0.717) is 31.5 Å². The fraction of sp³-hybridized carbons (Fsp3) is 0.538. The van der Waals surface area contributed by atoms with Crippen molar-refractivity contribution in [2.24, 2.45) is 0 Å². The van der Waals surface area contributed by atoms with Gasteiger partial charge in [-0.3, -0.25) is 9.78 Å². The van der Waals surface area contributed by atoms with E-state index in [4.69, 9.17) is 0 Å². The molecule has 0 aromatic carbocycles. The molecule has 5 heteroatoms. The third-order valence-corrected chi connectivity index (χ3v) is 3.29. The van der Waals surface area contributed by atoms with Crippen LogP contribution in [0.4, 0.5) is 5.69 Å². The maximum atomic E-state index is 12.4. The molecule has 1 aliphatic heterocycles. The first-order valence-corrected chi connectivity index (χ1v) is 6.23. The van der Waals surface area contributed by atoms with Crippen LogP contribution in [0.5, 0.6) is 0 Å². The highest BCUT2D eigenvalue weighted by atomic mass is 16.3. The summed E-state index contributed by atoms with van der Waals surface area (Å²) in [4.78, 5) is 18.3. The van der Waals surface area contributed by atoms with Crippen molar-refractivity contribution in [3.8, 4) is 0 Å². The molecule has 1 amide bonds. The van der Waals surface area contributed by atoms with Crippen LogP contribution in [0.25, 0.3) is 0 Å². The lowest BCUT2D eigenvalue weighted by molar-refractivity contribution is 0.0547. The number of nitrogens with zero attached hydrogens (tertiary/aromatic N) is 2. The highest BCUT2D eigenvalue weighted by molar-refractivity contribution is 5.99. The second-order valence-corrected chi connectivity index (χ2v) is 4.64. The number of anilines is 1. The van der Waals surface area contributed by atoms with Crippen molar-refractivity contribution in [3.63, 3.8) is 0 Å². The number of likely N-dealkylation sites (tertiary alicyclic amines) is 1. The van der Waals surface area contributed by atoms with E-state index in [1.807, 2.05) is 13.0 Å². The van der Waals surface area contributed by atoms with Crippen LogP contribution in [0.1, 0.15) is 28.9 Å². The van der Waals surface area contributed by atoms with Gasteiger partial charge in [0, 0.05) is 32.0 Å². The van der Waals surface area contributed by atoms with Crippen LogP contribution in [-0.2, 0) is 0 Å². The number of hydrogen-bond donors (Lipinski definition) is 2. The van der Waals surface area contributed by atoms with Gasteiger partial charge in [-0.15, -0.1) is 0 Å². The lowest BCUT2D eigenvalue weighted by atomic mass is 10.1. The van der Waals surface area contributed by atoms with Gasteiger partial charge in [-0.2, -0.15) is 0 Å². The number of pyridine rings is 1. The molecule has 1 aromatic rings. The molecular formula is C13H19N3O2. The van der Waals surface area contributed by atoms with Crippen LogP contribution in [0.15, 0.2) is 12.3 Å². The molecule has 0 atom stereocenters. The van der Waals surface area contributed by atoms with Gasteiger partial charge in [0.2, 0.25) is 0 Å². The average Bonchev–Trinajstić information content (AvgIpc) is 2.38. The third kappa shape index (κ3) is 2.61. The minimum absolute atomic E-state index is 0.0150. The first-order chi connectivity index (χ1) is 8.61. The smallest absolute Gasteiger partial charge is 0.257 e. The first kappa shape index (κ1) is 12.8. The Labute approximate surface area is 107 Å². The molecule has 1 aromatic heterocycles. The number of aryl methyl sites for hydroxylation is 1. The van der Waals surface area contributed by atoms with Crippen LogP contribution < -0.4 is 5.32 Å². The number of rotatable bonds is 2. The van der Waals surface area contributed by atoms with Gasteiger partial charge in [-0.25, -0.2) is 0 Å². The van der Waals surface area contributed by atoms with Crippen molar-refractivity contribution in [1.82, 2.24) is 9.88 Å². The average molecular weight is 249 g/mol. The monoisotopic (exact) mass is 249 g/mol. The quantitative estimate of drug-likeness (QED) is 0.821. The van der Waals surface area contributed by atoms with Gasteiger partial charge in [-0.1, -0.05) is 0 Å². The zero-order valence-corrected chi connectivity index (χ0v) is 10.8. The summed E-state index contributed by atoms with van der Waals surface area (Å²) in [5, 5.41) is 12.5. The van der Waals surface area contributed by atoms with Crippen molar-refractivity contribution in [2.75, 3.05) is 25.5 Å². The van der Waals surface area contributed by atoms with E-state index in [-0.39, 0.29) is 12.0 Å². The van der Waals surface area contributed by atoms with Crippen LogP contribution in [0.2, 0.25) is 0 Å². The van der Waals surface area contributed by atoms with Gasteiger partial charge < -0.3 is 15.3 Å². The summed E-state index contributed by atoms with van der Waals surface area (Å²) in [7, 11) is 1.80. The van der Waals surface area contributed by atoms with Gasteiger partial charge in [0.15, 0.2) is 0 Å². The first-order valence-electron chi connectivity index (χ1n) is 6.23. The van der Waals surface area contributed by atoms with Gasteiger partial charge in [0.25, 0.3) is 5.91 Å². The number of nitrogens with one attached hydrogen (secondary N) is 1. The predicted octanol–water partition coefficient (Wildman–Crippen LogP) is 1.03. The van der Waals surface area contributed by atoms with E-state index < -0.39 is 0 Å². The molecule has 2 N–H and O–H groups in total. The van der Waals surface area contributed by atoms with Crippen molar-refractivity contribution in [3.05, 3.63) is 23.5 Å². The minimum atomic E-state index is -0.269. The van der Waals surface area contributed by atoms with E-state index in [9.17, 15) is 9.90 Å². The Hall–Kier alpha value is -1.62. The number of aromatic nitrogens is 1. The molecule has 1 saturated heterocycles. The van der Waals surface area contributed by atoms with Crippen molar-refractivity contribution in [2.45, 2.75) is 25.9 Å². The number of carbonyl (C=O) groups is 1. The Kier molecular flexibility index (Phi) is 3.81. The standard InChI is InChI=1S/C13H19N3O2/c1-9-7-12(14-2)11(8-15-9)13(18)16-5-3-10(17)4-6-16/h7-8,10,17H,3-6H2,1-2H3,(H,14,15). The molecule has 0 radical (unpaired) electrons. The van der Waals surface area contributed by atoms with Crippen LogP contribution >= 0.6 is 0 Å². The molecule has 2 heterocycles. The topological polar surface area (TPSA) is 65.5 Å². The summed E-state index contributed by atoms with van der Waals surface area (Å²) >= 11 is 0. The normalized spacial score (nSPS) is 16.7. The Morgan fingerprint density at radius 2 is 2.17 bits per heavy atom. The van der Waals surface area contributed by atoms with Crippen molar-refractivity contribution < 1.29 is 9.90 Å².